The molecule has 37 heavy (non-hydrogen) atoms. The number of piperidine rings is 1. The Kier molecular flexibility index (Phi) is 6.05. The van der Waals surface area contributed by atoms with Crippen LogP contribution < -0.4 is 15.5 Å². The summed E-state index contributed by atoms with van der Waals surface area (Å²) in [6, 6.07) is 11.8. The van der Waals surface area contributed by atoms with Gasteiger partial charge in [0.1, 0.15) is 21.9 Å². The molecule has 0 atom stereocenters. The fourth-order valence-corrected chi connectivity index (χ4v) is 5.88. The van der Waals surface area contributed by atoms with E-state index in [4.69, 9.17) is 0 Å². The van der Waals surface area contributed by atoms with Crippen molar-refractivity contribution in [2.75, 3.05) is 28.6 Å². The highest BCUT2D eigenvalue weighted by Gasteiger charge is 2.34. The molecule has 1 fully saturated rings. The van der Waals surface area contributed by atoms with E-state index in [0.717, 1.165) is 19.6 Å². The molecular weight excluding hydrogens is 491 g/mol. The van der Waals surface area contributed by atoms with Gasteiger partial charge in [-0.15, -0.1) is 11.3 Å². The van der Waals surface area contributed by atoms with E-state index < -0.39 is 6.03 Å². The van der Waals surface area contributed by atoms with Crippen LogP contribution in [-0.4, -0.2) is 39.9 Å². The summed E-state index contributed by atoms with van der Waals surface area (Å²) < 4.78 is 13.8. The second kappa shape index (κ2) is 9.53. The zero-order valence-electron chi connectivity index (χ0n) is 20.3. The third-order valence-electron chi connectivity index (χ3n) is 6.79. The molecule has 2 aromatic heterocycles. The zero-order valence-corrected chi connectivity index (χ0v) is 21.1. The zero-order chi connectivity index (χ0) is 25.5. The van der Waals surface area contributed by atoms with Crippen molar-refractivity contribution in [2.24, 2.45) is 0 Å². The minimum absolute atomic E-state index is 0.334. The molecule has 4 aromatic rings. The van der Waals surface area contributed by atoms with Crippen LogP contribution in [0.15, 0.2) is 48.8 Å². The van der Waals surface area contributed by atoms with Gasteiger partial charge in [0, 0.05) is 12.2 Å². The van der Waals surface area contributed by atoms with E-state index in [2.05, 4.69) is 25.5 Å². The molecular formula is C27H25FN6O2S. The fraction of sp³-hybridized carbons (Fsp3) is 0.259. The Labute approximate surface area is 217 Å². The number of hydrogen-bond acceptors (Lipinski definition) is 6. The standard InChI is InChI=1S/C27H25FN6O2S/c1-16-13-19(9-10-20(16)28)34-24-21-22(32-27(34)36)23(37-26(21)30-15-29-24)25(35)31-18-7-5-17(6-8-18)14-33-11-3-2-4-12-33/h5-10,13,15H,2-4,11-12,14H2,1H3,(H,31,35)(H,32,36). The number of thiophene rings is 1. The molecule has 2 aliphatic rings. The van der Waals surface area contributed by atoms with Gasteiger partial charge in [0.2, 0.25) is 0 Å². The number of aryl methyl sites for hydroxylation is 1. The van der Waals surface area contributed by atoms with Crippen LogP contribution in [0.5, 0.6) is 0 Å². The third kappa shape index (κ3) is 4.42. The lowest BCUT2D eigenvalue weighted by Gasteiger charge is -2.27. The number of nitrogens with zero attached hydrogens (tertiary/aromatic N) is 4. The molecule has 2 N–H and O–H groups in total. The van der Waals surface area contributed by atoms with E-state index in [1.807, 2.05) is 24.3 Å². The summed E-state index contributed by atoms with van der Waals surface area (Å²) in [7, 11) is 0. The maximum atomic E-state index is 13.8. The van der Waals surface area contributed by atoms with E-state index in [0.29, 0.717) is 43.5 Å². The second-order valence-corrected chi connectivity index (χ2v) is 10.4. The van der Waals surface area contributed by atoms with Crippen molar-refractivity contribution in [1.29, 1.82) is 0 Å². The first kappa shape index (κ1) is 23.5. The van der Waals surface area contributed by atoms with Gasteiger partial charge >= 0.3 is 6.03 Å². The summed E-state index contributed by atoms with van der Waals surface area (Å²) in [6.07, 6.45) is 5.16. The Bertz CT molecular complexity index is 1510. The predicted molar refractivity (Wildman–Crippen MR) is 143 cm³/mol. The molecule has 4 heterocycles. The Balaban J connectivity index is 1.27. The van der Waals surface area contributed by atoms with E-state index in [9.17, 15) is 14.0 Å². The molecule has 2 aromatic carbocycles. The summed E-state index contributed by atoms with van der Waals surface area (Å²) in [5.41, 5.74) is 3.15. The summed E-state index contributed by atoms with van der Waals surface area (Å²) in [4.78, 5) is 39.9. The molecule has 1 saturated heterocycles. The second-order valence-electron chi connectivity index (χ2n) is 9.37. The molecule has 188 valence electrons. The summed E-state index contributed by atoms with van der Waals surface area (Å²) in [5, 5.41) is 6.36. The number of aromatic nitrogens is 2. The molecule has 3 amide bonds. The molecule has 0 spiro atoms. The molecule has 0 bridgehead atoms. The van der Waals surface area contributed by atoms with Crippen LogP contribution in [0.3, 0.4) is 0 Å². The third-order valence-corrected chi connectivity index (χ3v) is 7.88. The van der Waals surface area contributed by atoms with Crippen LogP contribution in [-0.2, 0) is 6.54 Å². The molecule has 0 saturated carbocycles. The first-order valence-corrected chi connectivity index (χ1v) is 13.1. The fourth-order valence-electron chi connectivity index (χ4n) is 4.89. The van der Waals surface area contributed by atoms with Gasteiger partial charge in [-0.2, -0.15) is 0 Å². The quantitative estimate of drug-likeness (QED) is 0.337. The van der Waals surface area contributed by atoms with E-state index in [1.54, 1.807) is 13.0 Å². The van der Waals surface area contributed by atoms with Gasteiger partial charge in [-0.05, 0) is 74.3 Å². The SMILES string of the molecule is Cc1cc(N2C(=O)Nc3c(C(=O)Nc4ccc(CN5CCCCC5)cc4)sc4ncnc2c34)ccc1F. The van der Waals surface area contributed by atoms with Crippen molar-refractivity contribution in [1.82, 2.24) is 14.9 Å². The highest BCUT2D eigenvalue weighted by Crippen LogP contribution is 2.44. The van der Waals surface area contributed by atoms with Gasteiger partial charge in [-0.1, -0.05) is 18.6 Å². The Morgan fingerprint density at radius 1 is 1.11 bits per heavy atom. The summed E-state index contributed by atoms with van der Waals surface area (Å²) >= 11 is 1.19. The number of benzene rings is 2. The van der Waals surface area contributed by atoms with Crippen molar-refractivity contribution in [2.45, 2.75) is 32.7 Å². The average molecular weight is 517 g/mol. The van der Waals surface area contributed by atoms with Gasteiger partial charge in [0.15, 0.2) is 5.82 Å². The van der Waals surface area contributed by atoms with Crippen LogP contribution in [0.2, 0.25) is 0 Å². The van der Waals surface area contributed by atoms with Crippen molar-refractivity contribution in [3.63, 3.8) is 0 Å². The van der Waals surface area contributed by atoms with Crippen molar-refractivity contribution in [3.8, 4) is 0 Å². The van der Waals surface area contributed by atoms with Gasteiger partial charge in [0.05, 0.1) is 16.8 Å². The number of hydrogen-bond donors (Lipinski definition) is 2. The number of halogens is 1. The van der Waals surface area contributed by atoms with Crippen LogP contribution >= 0.6 is 11.3 Å². The minimum Gasteiger partial charge on any atom is -0.321 e. The minimum atomic E-state index is -0.479. The highest BCUT2D eigenvalue weighted by atomic mass is 32.1. The number of rotatable bonds is 5. The molecule has 6 rings (SSSR count). The first-order valence-electron chi connectivity index (χ1n) is 12.3. The number of anilines is 4. The van der Waals surface area contributed by atoms with Crippen LogP contribution in [0.25, 0.3) is 10.2 Å². The number of carbonyl (C=O) groups excluding carboxylic acids is 2. The lowest BCUT2D eigenvalue weighted by Crippen LogP contribution is -2.35. The van der Waals surface area contributed by atoms with Gasteiger partial charge in [0.25, 0.3) is 5.91 Å². The molecule has 8 nitrogen and oxygen atoms in total. The maximum Gasteiger partial charge on any atom is 0.332 e. The lowest BCUT2D eigenvalue weighted by atomic mass is 10.1. The molecule has 0 aliphatic carbocycles. The van der Waals surface area contributed by atoms with Crippen LogP contribution in [0.1, 0.15) is 40.1 Å². The van der Waals surface area contributed by atoms with Gasteiger partial charge < -0.3 is 10.6 Å². The number of urea groups is 1. The predicted octanol–water partition coefficient (Wildman–Crippen LogP) is 6.06. The van der Waals surface area contributed by atoms with E-state index in [-0.39, 0.29) is 11.7 Å². The van der Waals surface area contributed by atoms with Crippen LogP contribution in [0.4, 0.5) is 32.1 Å². The monoisotopic (exact) mass is 516 g/mol. The summed E-state index contributed by atoms with van der Waals surface area (Å²) in [6.45, 7) is 4.80. The van der Waals surface area contributed by atoms with E-state index in [1.165, 1.54) is 59.5 Å². The highest BCUT2D eigenvalue weighted by molar-refractivity contribution is 7.21. The van der Waals surface area contributed by atoms with Gasteiger partial charge in [-0.3, -0.25) is 9.69 Å². The Morgan fingerprint density at radius 2 is 1.89 bits per heavy atom. The van der Waals surface area contributed by atoms with Crippen molar-refractivity contribution in [3.05, 3.63) is 70.6 Å². The average Bonchev–Trinajstić information content (AvgIpc) is 3.27. The largest absolute Gasteiger partial charge is 0.332 e. The maximum absolute atomic E-state index is 13.8. The van der Waals surface area contributed by atoms with Gasteiger partial charge in [-0.25, -0.2) is 24.1 Å². The number of amides is 3. The topological polar surface area (TPSA) is 90.5 Å². The van der Waals surface area contributed by atoms with Crippen molar-refractivity contribution < 1.29 is 14.0 Å². The first-order chi connectivity index (χ1) is 18.0. The number of nitrogens with one attached hydrogen (secondary N) is 2. The normalized spacial score (nSPS) is 15.6. The Hall–Kier alpha value is -3.89. The van der Waals surface area contributed by atoms with E-state index >= 15 is 0 Å². The summed E-state index contributed by atoms with van der Waals surface area (Å²) in [5.74, 6) is -0.338. The molecule has 2 aliphatic heterocycles. The van der Waals surface area contributed by atoms with Crippen molar-refractivity contribution >= 4 is 56.4 Å². The smallest absolute Gasteiger partial charge is 0.321 e. The Morgan fingerprint density at radius 3 is 2.65 bits per heavy atom. The number of carbonyl (C=O) groups is 2. The molecule has 0 unspecified atom stereocenters. The van der Waals surface area contributed by atoms with Crippen LogP contribution in [0, 0.1) is 12.7 Å². The molecule has 0 radical (unpaired) electrons. The number of likely N-dealkylation sites (tertiary alicyclic amines) is 1. The molecule has 10 heteroatoms. The lowest BCUT2D eigenvalue weighted by molar-refractivity contribution is 0.103.